The van der Waals surface area contributed by atoms with Crippen LogP contribution in [0.25, 0.3) is 11.0 Å². The highest BCUT2D eigenvalue weighted by Gasteiger charge is 2.24. The van der Waals surface area contributed by atoms with Crippen LogP contribution in [0.2, 0.25) is 0 Å². The molecule has 0 aliphatic rings. The lowest BCUT2D eigenvalue weighted by molar-refractivity contribution is -0.144. The van der Waals surface area contributed by atoms with Gasteiger partial charge in [0.05, 0.1) is 17.6 Å². The van der Waals surface area contributed by atoms with Gasteiger partial charge in [-0.3, -0.25) is 4.79 Å². The number of hydrogen-bond donors (Lipinski definition) is 0. The van der Waals surface area contributed by atoms with E-state index in [0.29, 0.717) is 6.61 Å². The van der Waals surface area contributed by atoms with E-state index in [1.807, 2.05) is 32.0 Å². The Morgan fingerprint density at radius 1 is 1.40 bits per heavy atom. The van der Waals surface area contributed by atoms with E-state index in [-0.39, 0.29) is 17.9 Å². The zero-order valence-electron chi connectivity index (χ0n) is 12.2. The molecular formula is C15H19BrN2O2. The smallest absolute Gasteiger partial charge is 0.316 e. The van der Waals surface area contributed by atoms with Crippen molar-refractivity contribution in [2.45, 2.75) is 39.7 Å². The van der Waals surface area contributed by atoms with Crippen molar-refractivity contribution >= 4 is 32.9 Å². The van der Waals surface area contributed by atoms with Gasteiger partial charge in [0, 0.05) is 10.5 Å². The number of aromatic nitrogens is 2. The number of halogens is 1. The van der Waals surface area contributed by atoms with Gasteiger partial charge in [-0.05, 0) is 45.9 Å². The van der Waals surface area contributed by atoms with Crippen LogP contribution in [0.4, 0.5) is 0 Å². The minimum Gasteiger partial charge on any atom is -0.465 e. The first kappa shape index (κ1) is 15.0. The molecule has 0 amide bonds. The normalized spacial score (nSPS) is 12.9. The summed E-state index contributed by atoms with van der Waals surface area (Å²) >= 11 is 3.45. The van der Waals surface area contributed by atoms with Crippen LogP contribution in [-0.2, 0) is 9.53 Å². The molecule has 108 valence electrons. The first-order chi connectivity index (χ1) is 9.45. The van der Waals surface area contributed by atoms with Gasteiger partial charge < -0.3 is 9.30 Å². The van der Waals surface area contributed by atoms with Gasteiger partial charge in [0.15, 0.2) is 0 Å². The maximum Gasteiger partial charge on any atom is 0.316 e. The summed E-state index contributed by atoms with van der Waals surface area (Å²) < 4.78 is 8.19. The number of carbonyl (C=O) groups is 1. The quantitative estimate of drug-likeness (QED) is 0.790. The molecule has 5 heteroatoms. The summed E-state index contributed by atoms with van der Waals surface area (Å²) in [6.07, 6.45) is 0. The molecule has 1 unspecified atom stereocenters. The average molecular weight is 339 g/mol. The molecule has 0 N–H and O–H groups in total. The molecule has 1 aromatic heterocycles. The third-order valence-corrected chi connectivity index (χ3v) is 3.72. The van der Waals surface area contributed by atoms with E-state index in [1.54, 1.807) is 0 Å². The highest BCUT2D eigenvalue weighted by Crippen LogP contribution is 2.28. The minimum absolute atomic E-state index is 0.230. The van der Waals surface area contributed by atoms with Crippen molar-refractivity contribution in [2.75, 3.05) is 6.61 Å². The fourth-order valence-corrected chi connectivity index (χ4v) is 2.66. The zero-order chi connectivity index (χ0) is 14.9. The molecule has 0 bridgehead atoms. The summed E-state index contributed by atoms with van der Waals surface area (Å²) in [5, 5.41) is 0. The Morgan fingerprint density at radius 2 is 2.10 bits per heavy atom. The lowest BCUT2D eigenvalue weighted by Crippen LogP contribution is -2.18. The van der Waals surface area contributed by atoms with Crippen LogP contribution in [0.5, 0.6) is 0 Å². The highest BCUT2D eigenvalue weighted by molar-refractivity contribution is 9.10. The number of nitrogens with zero attached hydrogens (tertiary/aromatic N) is 2. The van der Waals surface area contributed by atoms with Gasteiger partial charge in [-0.15, -0.1) is 0 Å². The van der Waals surface area contributed by atoms with Gasteiger partial charge in [0.1, 0.15) is 11.7 Å². The van der Waals surface area contributed by atoms with E-state index in [9.17, 15) is 4.79 Å². The molecule has 2 aromatic rings. The third kappa shape index (κ3) is 2.73. The van der Waals surface area contributed by atoms with Crippen LogP contribution in [0.3, 0.4) is 0 Å². The molecule has 0 saturated carbocycles. The second-order valence-corrected chi connectivity index (χ2v) is 5.96. The summed E-state index contributed by atoms with van der Waals surface area (Å²) in [5.74, 6) is 0.152. The van der Waals surface area contributed by atoms with Crippen LogP contribution >= 0.6 is 15.9 Å². The largest absolute Gasteiger partial charge is 0.465 e. The van der Waals surface area contributed by atoms with Crippen molar-refractivity contribution in [1.82, 2.24) is 9.55 Å². The Labute approximate surface area is 127 Å². The molecule has 20 heavy (non-hydrogen) atoms. The molecule has 1 aromatic carbocycles. The van der Waals surface area contributed by atoms with Gasteiger partial charge in [0.25, 0.3) is 0 Å². The summed E-state index contributed by atoms with van der Waals surface area (Å²) in [4.78, 5) is 16.6. The molecule has 1 heterocycles. The second-order valence-electron chi connectivity index (χ2n) is 5.04. The molecule has 2 rings (SSSR count). The fraction of sp³-hybridized carbons (Fsp3) is 0.467. The van der Waals surface area contributed by atoms with Crippen molar-refractivity contribution < 1.29 is 9.53 Å². The van der Waals surface area contributed by atoms with E-state index < -0.39 is 0 Å². The Morgan fingerprint density at radius 3 is 2.70 bits per heavy atom. The van der Waals surface area contributed by atoms with Crippen LogP contribution < -0.4 is 0 Å². The summed E-state index contributed by atoms with van der Waals surface area (Å²) in [6, 6.07) is 6.21. The predicted octanol–water partition coefficient (Wildman–Crippen LogP) is 4.05. The van der Waals surface area contributed by atoms with Crippen LogP contribution in [0.15, 0.2) is 22.7 Å². The number of fused-ring (bicyclic) bond motifs is 1. The van der Waals surface area contributed by atoms with Gasteiger partial charge in [-0.2, -0.15) is 0 Å². The lowest BCUT2D eigenvalue weighted by atomic mass is 10.1. The first-order valence-corrected chi connectivity index (χ1v) is 7.59. The maximum absolute atomic E-state index is 12.0. The number of benzene rings is 1. The van der Waals surface area contributed by atoms with Crippen molar-refractivity contribution in [1.29, 1.82) is 0 Å². The molecule has 0 saturated heterocycles. The van der Waals surface area contributed by atoms with E-state index in [4.69, 9.17) is 4.74 Å². The van der Waals surface area contributed by atoms with Crippen LogP contribution in [0.1, 0.15) is 45.5 Å². The molecule has 0 fully saturated rings. The average Bonchev–Trinajstić information content (AvgIpc) is 2.76. The van der Waals surface area contributed by atoms with E-state index in [2.05, 4.69) is 39.3 Å². The van der Waals surface area contributed by atoms with Gasteiger partial charge in [-0.25, -0.2) is 4.98 Å². The van der Waals surface area contributed by atoms with Crippen LogP contribution in [-0.4, -0.2) is 22.1 Å². The van der Waals surface area contributed by atoms with Gasteiger partial charge in [-0.1, -0.05) is 15.9 Å². The molecule has 1 atom stereocenters. The summed E-state index contributed by atoms with van der Waals surface area (Å²) in [5.41, 5.74) is 1.92. The topological polar surface area (TPSA) is 44.1 Å². The first-order valence-electron chi connectivity index (χ1n) is 6.79. The summed E-state index contributed by atoms with van der Waals surface area (Å²) in [6.45, 7) is 8.21. The van der Waals surface area contributed by atoms with Crippen molar-refractivity contribution in [3.8, 4) is 0 Å². The molecule has 0 spiro atoms. The second kappa shape index (κ2) is 5.95. The van der Waals surface area contributed by atoms with Crippen LogP contribution in [0, 0.1) is 0 Å². The minimum atomic E-state index is -0.372. The number of ether oxygens (including phenoxy) is 1. The number of hydrogen-bond acceptors (Lipinski definition) is 3. The summed E-state index contributed by atoms with van der Waals surface area (Å²) in [7, 11) is 0. The third-order valence-electron chi connectivity index (χ3n) is 3.22. The lowest BCUT2D eigenvalue weighted by Gasteiger charge is -2.16. The molecule has 0 aliphatic carbocycles. The molecule has 0 radical (unpaired) electrons. The SMILES string of the molecule is CCOC(=O)C(C)c1nc2cc(Br)ccc2n1C(C)C. The standard InChI is InChI=1S/C15H19BrN2O2/c1-5-20-15(19)10(4)14-17-12-8-11(16)6-7-13(12)18(14)9(2)3/h6-10H,5H2,1-4H3. The number of carbonyl (C=O) groups excluding carboxylic acids is 1. The molecular weight excluding hydrogens is 320 g/mol. The number of rotatable bonds is 4. The Kier molecular flexibility index (Phi) is 4.48. The van der Waals surface area contributed by atoms with E-state index >= 15 is 0 Å². The van der Waals surface area contributed by atoms with Crippen molar-refractivity contribution in [3.05, 3.63) is 28.5 Å². The maximum atomic E-state index is 12.0. The molecule has 4 nitrogen and oxygen atoms in total. The van der Waals surface area contributed by atoms with Crippen molar-refractivity contribution in [2.24, 2.45) is 0 Å². The Balaban J connectivity index is 2.57. The van der Waals surface area contributed by atoms with Gasteiger partial charge >= 0.3 is 5.97 Å². The molecule has 0 aliphatic heterocycles. The number of esters is 1. The zero-order valence-corrected chi connectivity index (χ0v) is 13.8. The van der Waals surface area contributed by atoms with E-state index in [0.717, 1.165) is 21.3 Å². The predicted molar refractivity (Wildman–Crippen MR) is 82.9 cm³/mol. The Bertz CT molecular complexity index is 634. The highest BCUT2D eigenvalue weighted by atomic mass is 79.9. The van der Waals surface area contributed by atoms with Gasteiger partial charge in [0.2, 0.25) is 0 Å². The fourth-order valence-electron chi connectivity index (χ4n) is 2.31. The number of imidazole rings is 1. The Hall–Kier alpha value is -1.36. The monoisotopic (exact) mass is 338 g/mol. The van der Waals surface area contributed by atoms with E-state index in [1.165, 1.54) is 0 Å². The van der Waals surface area contributed by atoms with Crippen molar-refractivity contribution in [3.63, 3.8) is 0 Å².